The number of rotatable bonds is 8. The molecule has 3 nitrogen and oxygen atoms in total. The highest BCUT2D eigenvalue weighted by Gasteiger charge is 2.29. The Labute approximate surface area is 152 Å². The highest BCUT2D eigenvalue weighted by molar-refractivity contribution is 5.67. The molecule has 1 aromatic rings. The molecule has 1 saturated carbocycles. The van der Waals surface area contributed by atoms with Crippen molar-refractivity contribution in [3.8, 4) is 0 Å². The van der Waals surface area contributed by atoms with Crippen molar-refractivity contribution in [1.29, 1.82) is 0 Å². The van der Waals surface area contributed by atoms with Gasteiger partial charge >= 0.3 is 5.97 Å². The van der Waals surface area contributed by atoms with Crippen LogP contribution in [0.2, 0.25) is 0 Å². The van der Waals surface area contributed by atoms with Gasteiger partial charge in [0.05, 0.1) is 0 Å². The van der Waals surface area contributed by atoms with Crippen molar-refractivity contribution in [3.05, 3.63) is 35.9 Å². The van der Waals surface area contributed by atoms with E-state index in [1.807, 2.05) is 0 Å². The summed E-state index contributed by atoms with van der Waals surface area (Å²) in [4.78, 5) is 13.5. The Bertz CT molecular complexity index is 522. The second-order valence-corrected chi connectivity index (χ2v) is 8.26. The maximum absolute atomic E-state index is 10.9. The van der Waals surface area contributed by atoms with E-state index in [9.17, 15) is 4.79 Å². The van der Waals surface area contributed by atoms with Gasteiger partial charge in [-0.05, 0) is 81.4 Å². The van der Waals surface area contributed by atoms with Crippen LogP contribution in [0.5, 0.6) is 0 Å². The molecule has 0 spiro atoms. The highest BCUT2D eigenvalue weighted by Crippen LogP contribution is 2.34. The molecule has 2 unspecified atom stereocenters. The van der Waals surface area contributed by atoms with Gasteiger partial charge in [-0.25, -0.2) is 0 Å². The van der Waals surface area contributed by atoms with E-state index in [1.54, 1.807) is 0 Å². The molecule has 3 heteroatoms. The van der Waals surface area contributed by atoms with E-state index < -0.39 is 5.97 Å². The molecule has 1 aliphatic heterocycles. The number of piperidine rings is 1. The lowest BCUT2D eigenvalue weighted by molar-refractivity contribution is -0.138. The van der Waals surface area contributed by atoms with E-state index in [2.05, 4.69) is 35.2 Å². The smallest absolute Gasteiger partial charge is 0.303 e. The number of aryl methyl sites for hydroxylation is 1. The molecule has 0 amide bonds. The third-order valence-corrected chi connectivity index (χ3v) is 6.26. The van der Waals surface area contributed by atoms with Crippen molar-refractivity contribution < 1.29 is 9.90 Å². The van der Waals surface area contributed by atoms with E-state index in [1.165, 1.54) is 63.7 Å². The molecule has 138 valence electrons. The lowest BCUT2D eigenvalue weighted by Gasteiger charge is -2.33. The van der Waals surface area contributed by atoms with Crippen molar-refractivity contribution in [2.45, 2.75) is 57.8 Å². The Morgan fingerprint density at radius 2 is 1.72 bits per heavy atom. The van der Waals surface area contributed by atoms with Gasteiger partial charge < -0.3 is 10.0 Å². The number of carboxylic acids is 1. The minimum Gasteiger partial charge on any atom is -0.481 e. The summed E-state index contributed by atoms with van der Waals surface area (Å²) < 4.78 is 0. The Balaban J connectivity index is 1.29. The van der Waals surface area contributed by atoms with Gasteiger partial charge in [-0.2, -0.15) is 0 Å². The number of carbonyl (C=O) groups is 1. The number of likely N-dealkylation sites (tertiary alicyclic amines) is 1. The predicted octanol–water partition coefficient (Wildman–Crippen LogP) is 4.61. The Kier molecular flexibility index (Phi) is 6.92. The maximum atomic E-state index is 10.9. The van der Waals surface area contributed by atoms with Crippen LogP contribution in [0.15, 0.2) is 30.3 Å². The third-order valence-electron chi connectivity index (χ3n) is 6.26. The fourth-order valence-corrected chi connectivity index (χ4v) is 4.84. The molecule has 0 aromatic heterocycles. The summed E-state index contributed by atoms with van der Waals surface area (Å²) in [7, 11) is 0. The fraction of sp³-hybridized carbons (Fsp3) is 0.682. The Hall–Kier alpha value is -1.35. The highest BCUT2D eigenvalue weighted by atomic mass is 16.4. The van der Waals surface area contributed by atoms with Crippen molar-refractivity contribution >= 4 is 5.97 Å². The van der Waals surface area contributed by atoms with Crippen LogP contribution >= 0.6 is 0 Å². The van der Waals surface area contributed by atoms with E-state index >= 15 is 0 Å². The zero-order chi connectivity index (χ0) is 17.5. The minimum absolute atomic E-state index is 0.375. The van der Waals surface area contributed by atoms with Gasteiger partial charge in [-0.15, -0.1) is 0 Å². The summed E-state index contributed by atoms with van der Waals surface area (Å²) in [6.07, 6.45) is 10.4. The summed E-state index contributed by atoms with van der Waals surface area (Å²) in [5.74, 6) is 1.45. The van der Waals surface area contributed by atoms with Crippen LogP contribution in [0.25, 0.3) is 0 Å². The first-order valence-corrected chi connectivity index (χ1v) is 10.2. The molecule has 2 aliphatic rings. The van der Waals surface area contributed by atoms with Crippen LogP contribution in [0.4, 0.5) is 0 Å². The number of carboxylic acid groups (broad SMARTS) is 1. The van der Waals surface area contributed by atoms with Gasteiger partial charge in [-0.1, -0.05) is 36.8 Å². The summed E-state index contributed by atoms with van der Waals surface area (Å²) >= 11 is 0. The van der Waals surface area contributed by atoms with Gasteiger partial charge in [0.1, 0.15) is 0 Å². The molecule has 1 aromatic carbocycles. The van der Waals surface area contributed by atoms with Crippen LogP contribution in [0.3, 0.4) is 0 Å². The van der Waals surface area contributed by atoms with E-state index in [4.69, 9.17) is 5.11 Å². The third kappa shape index (κ3) is 6.14. The standard InChI is InChI=1S/C22H33NO2/c24-22(25)16-20-9-10-21(15-20)17-23-13-11-19(12-14-23)8-4-7-18-5-2-1-3-6-18/h1-3,5-6,19-21H,4,7-17H2,(H,24,25). The van der Waals surface area contributed by atoms with Gasteiger partial charge in [0.15, 0.2) is 0 Å². The number of benzene rings is 1. The fourth-order valence-electron chi connectivity index (χ4n) is 4.84. The molecule has 2 atom stereocenters. The minimum atomic E-state index is -0.623. The molecule has 2 fully saturated rings. The second-order valence-electron chi connectivity index (χ2n) is 8.26. The SMILES string of the molecule is O=C(O)CC1CCC(CN2CCC(CCCc3ccccc3)CC2)C1. The largest absolute Gasteiger partial charge is 0.481 e. The number of hydrogen-bond acceptors (Lipinski definition) is 2. The molecule has 0 bridgehead atoms. The predicted molar refractivity (Wildman–Crippen MR) is 102 cm³/mol. The molecular formula is C22H33NO2. The van der Waals surface area contributed by atoms with Crippen LogP contribution in [0.1, 0.15) is 56.9 Å². The molecule has 1 saturated heterocycles. The van der Waals surface area contributed by atoms with E-state index in [0.717, 1.165) is 24.7 Å². The zero-order valence-corrected chi connectivity index (χ0v) is 15.4. The zero-order valence-electron chi connectivity index (χ0n) is 15.4. The van der Waals surface area contributed by atoms with E-state index in [0.29, 0.717) is 12.3 Å². The van der Waals surface area contributed by atoms with Crippen LogP contribution < -0.4 is 0 Å². The van der Waals surface area contributed by atoms with Crippen molar-refractivity contribution in [3.63, 3.8) is 0 Å². The van der Waals surface area contributed by atoms with Crippen LogP contribution in [0, 0.1) is 17.8 Å². The first-order valence-electron chi connectivity index (χ1n) is 10.2. The molecule has 3 rings (SSSR count). The van der Waals surface area contributed by atoms with Crippen molar-refractivity contribution in [1.82, 2.24) is 4.90 Å². The van der Waals surface area contributed by atoms with Gasteiger partial charge in [0, 0.05) is 13.0 Å². The second kappa shape index (κ2) is 9.38. The normalized spacial score (nSPS) is 25.3. The van der Waals surface area contributed by atoms with Crippen molar-refractivity contribution in [2.75, 3.05) is 19.6 Å². The molecule has 1 N–H and O–H groups in total. The summed E-state index contributed by atoms with van der Waals surface area (Å²) in [5.41, 5.74) is 1.47. The molecular weight excluding hydrogens is 310 g/mol. The van der Waals surface area contributed by atoms with Gasteiger partial charge in [0.2, 0.25) is 0 Å². The average molecular weight is 344 g/mol. The first kappa shape index (κ1) is 18.4. The average Bonchev–Trinajstić information content (AvgIpc) is 3.03. The molecule has 25 heavy (non-hydrogen) atoms. The monoisotopic (exact) mass is 343 g/mol. The summed E-state index contributed by atoms with van der Waals surface area (Å²) in [6, 6.07) is 10.8. The first-order chi connectivity index (χ1) is 12.2. The van der Waals surface area contributed by atoms with Gasteiger partial charge in [-0.3, -0.25) is 4.79 Å². The molecule has 1 aliphatic carbocycles. The van der Waals surface area contributed by atoms with Gasteiger partial charge in [0.25, 0.3) is 0 Å². The Morgan fingerprint density at radius 3 is 2.44 bits per heavy atom. The molecule has 0 radical (unpaired) electrons. The quantitative estimate of drug-likeness (QED) is 0.749. The number of aliphatic carboxylic acids is 1. The summed E-state index contributed by atoms with van der Waals surface area (Å²) in [6.45, 7) is 3.69. The number of hydrogen-bond donors (Lipinski definition) is 1. The Morgan fingerprint density at radius 1 is 1.00 bits per heavy atom. The topological polar surface area (TPSA) is 40.5 Å². The van der Waals surface area contributed by atoms with Crippen LogP contribution in [-0.4, -0.2) is 35.6 Å². The lowest BCUT2D eigenvalue weighted by Crippen LogP contribution is -2.36. The van der Waals surface area contributed by atoms with E-state index in [-0.39, 0.29) is 0 Å². The maximum Gasteiger partial charge on any atom is 0.303 e. The number of nitrogens with zero attached hydrogens (tertiary/aromatic N) is 1. The van der Waals surface area contributed by atoms with Crippen molar-refractivity contribution in [2.24, 2.45) is 17.8 Å². The lowest BCUT2D eigenvalue weighted by atomic mass is 9.90. The summed E-state index contributed by atoms with van der Waals surface area (Å²) in [5, 5.41) is 8.94. The molecule has 1 heterocycles. The van der Waals surface area contributed by atoms with Crippen LogP contribution in [-0.2, 0) is 11.2 Å².